The molecular formula is C28H25F2NO5. The van der Waals surface area contributed by atoms with Crippen LogP contribution in [-0.4, -0.2) is 27.2 Å². The summed E-state index contributed by atoms with van der Waals surface area (Å²) < 4.78 is 49.8. The van der Waals surface area contributed by atoms with Crippen LogP contribution in [0.5, 0.6) is 17.2 Å². The van der Waals surface area contributed by atoms with Crippen LogP contribution in [0.1, 0.15) is 18.1 Å². The molecule has 3 aromatic carbocycles. The van der Waals surface area contributed by atoms with E-state index in [1.54, 1.807) is 27.4 Å². The van der Waals surface area contributed by atoms with E-state index in [9.17, 15) is 13.6 Å². The summed E-state index contributed by atoms with van der Waals surface area (Å²) in [6.45, 7) is 3.60. The third kappa shape index (κ3) is 4.62. The molecule has 1 heterocycles. The van der Waals surface area contributed by atoms with Gasteiger partial charge in [-0.25, -0.2) is 8.78 Å². The first-order chi connectivity index (χ1) is 17.3. The molecule has 0 fully saturated rings. The van der Waals surface area contributed by atoms with Crippen molar-refractivity contribution < 1.29 is 32.2 Å². The first-order valence-corrected chi connectivity index (χ1v) is 11.0. The van der Waals surface area contributed by atoms with Gasteiger partial charge in [-0.1, -0.05) is 6.07 Å². The third-order valence-corrected chi connectivity index (χ3v) is 5.90. The Morgan fingerprint density at radius 1 is 0.972 bits per heavy atom. The molecule has 1 amide bonds. The number of amides is 1. The first-order valence-electron chi connectivity index (χ1n) is 11.0. The lowest BCUT2D eigenvalue weighted by molar-refractivity contribution is -0.111. The molecule has 36 heavy (non-hydrogen) atoms. The molecule has 0 atom stereocenters. The molecule has 186 valence electrons. The van der Waals surface area contributed by atoms with Crippen molar-refractivity contribution in [1.82, 2.24) is 0 Å². The van der Waals surface area contributed by atoms with Crippen molar-refractivity contribution in [1.29, 1.82) is 0 Å². The molecule has 0 aliphatic carbocycles. The number of carbonyl (C=O) groups is 1. The number of fused-ring (bicyclic) bond motifs is 1. The summed E-state index contributed by atoms with van der Waals surface area (Å²) in [6, 6.07) is 10.3. The summed E-state index contributed by atoms with van der Waals surface area (Å²) >= 11 is 0. The highest BCUT2D eigenvalue weighted by Crippen LogP contribution is 2.42. The fraction of sp³-hybridized carbons (Fsp3) is 0.179. The zero-order chi connectivity index (χ0) is 26.0. The summed E-state index contributed by atoms with van der Waals surface area (Å²) in [7, 11) is 4.67. The summed E-state index contributed by atoms with van der Waals surface area (Å²) in [4.78, 5) is 12.6. The molecule has 1 N–H and O–H groups in total. The number of nitrogens with one attached hydrogen (secondary N) is 1. The zero-order valence-electron chi connectivity index (χ0n) is 20.5. The third-order valence-electron chi connectivity index (χ3n) is 5.90. The van der Waals surface area contributed by atoms with E-state index >= 15 is 0 Å². The Kier molecular flexibility index (Phi) is 6.96. The summed E-state index contributed by atoms with van der Waals surface area (Å²) in [5, 5.41) is 3.19. The number of halogens is 2. The average Bonchev–Trinajstić information content (AvgIpc) is 3.30. The first kappa shape index (κ1) is 24.8. The molecule has 8 heteroatoms. The lowest BCUT2D eigenvalue weighted by Gasteiger charge is -2.14. The van der Waals surface area contributed by atoms with Crippen molar-refractivity contribution in [2.45, 2.75) is 13.8 Å². The molecule has 0 radical (unpaired) electrons. The van der Waals surface area contributed by atoms with E-state index in [1.807, 2.05) is 31.2 Å². The molecule has 0 unspecified atom stereocenters. The molecule has 0 aliphatic heterocycles. The molecule has 4 aromatic rings. The molecule has 0 saturated heterocycles. The number of aryl methyl sites for hydroxylation is 1. The second-order valence-electron chi connectivity index (χ2n) is 8.12. The summed E-state index contributed by atoms with van der Waals surface area (Å²) in [5.41, 5.74) is 4.03. The van der Waals surface area contributed by atoms with Crippen molar-refractivity contribution in [2.24, 2.45) is 0 Å². The lowest BCUT2D eigenvalue weighted by Crippen LogP contribution is -2.10. The van der Waals surface area contributed by atoms with Gasteiger partial charge in [-0.15, -0.1) is 0 Å². The van der Waals surface area contributed by atoms with Crippen LogP contribution >= 0.6 is 0 Å². The fourth-order valence-corrected chi connectivity index (χ4v) is 4.14. The van der Waals surface area contributed by atoms with Crippen molar-refractivity contribution in [3.05, 3.63) is 77.6 Å². The van der Waals surface area contributed by atoms with Crippen molar-refractivity contribution >= 4 is 28.1 Å². The largest absolute Gasteiger partial charge is 0.496 e. The highest BCUT2D eigenvalue weighted by Gasteiger charge is 2.20. The maximum Gasteiger partial charge on any atom is 0.248 e. The van der Waals surface area contributed by atoms with Gasteiger partial charge in [0.15, 0.2) is 11.5 Å². The maximum atomic E-state index is 14.0. The SMILES string of the molecule is COc1ccc(-c2coc3c(C)c(OC)c(/C(C)=C/C(=O)Nc4cc(F)ccc4F)cc23)cc1OC. The Morgan fingerprint density at radius 2 is 1.72 bits per heavy atom. The average molecular weight is 494 g/mol. The van der Waals surface area contributed by atoms with Gasteiger partial charge in [-0.2, -0.15) is 0 Å². The number of carbonyl (C=O) groups excluding carboxylic acids is 1. The van der Waals surface area contributed by atoms with Crippen LogP contribution in [0, 0.1) is 18.6 Å². The number of hydrogen-bond donors (Lipinski definition) is 1. The second-order valence-corrected chi connectivity index (χ2v) is 8.12. The van der Waals surface area contributed by atoms with Crippen molar-refractivity contribution in [2.75, 3.05) is 26.6 Å². The van der Waals surface area contributed by atoms with Crippen LogP contribution in [0.25, 0.3) is 27.7 Å². The van der Waals surface area contributed by atoms with E-state index in [1.165, 1.54) is 13.2 Å². The predicted molar refractivity (Wildman–Crippen MR) is 135 cm³/mol. The fourth-order valence-electron chi connectivity index (χ4n) is 4.14. The van der Waals surface area contributed by atoms with Crippen LogP contribution in [0.15, 0.2) is 59.2 Å². The highest BCUT2D eigenvalue weighted by atomic mass is 19.1. The highest BCUT2D eigenvalue weighted by molar-refractivity contribution is 6.06. The van der Waals surface area contributed by atoms with Gasteiger partial charge < -0.3 is 23.9 Å². The van der Waals surface area contributed by atoms with Crippen LogP contribution in [0.2, 0.25) is 0 Å². The lowest BCUT2D eigenvalue weighted by atomic mass is 9.96. The Hall–Kier alpha value is -4.33. The minimum Gasteiger partial charge on any atom is -0.496 e. The van der Waals surface area contributed by atoms with Gasteiger partial charge in [0.05, 0.1) is 33.3 Å². The number of benzene rings is 3. The van der Waals surface area contributed by atoms with Gasteiger partial charge in [-0.3, -0.25) is 4.79 Å². The number of ether oxygens (including phenoxy) is 3. The second kappa shape index (κ2) is 10.1. The monoisotopic (exact) mass is 493 g/mol. The van der Waals surface area contributed by atoms with Crippen LogP contribution in [-0.2, 0) is 4.79 Å². The number of anilines is 1. The summed E-state index contributed by atoms with van der Waals surface area (Å²) in [5.74, 6) is -0.279. The Balaban J connectivity index is 1.78. The molecule has 0 bridgehead atoms. The van der Waals surface area contributed by atoms with Gasteiger partial charge in [0.25, 0.3) is 0 Å². The molecule has 1 aromatic heterocycles. The van der Waals surface area contributed by atoms with Gasteiger partial charge in [0.2, 0.25) is 5.91 Å². The van der Waals surface area contributed by atoms with E-state index in [0.29, 0.717) is 34.0 Å². The van der Waals surface area contributed by atoms with Crippen LogP contribution in [0.4, 0.5) is 14.5 Å². The Bertz CT molecular complexity index is 1490. The van der Waals surface area contributed by atoms with Crippen LogP contribution < -0.4 is 19.5 Å². The van der Waals surface area contributed by atoms with Gasteiger partial charge in [0, 0.05) is 34.2 Å². The molecule has 4 rings (SSSR count). The van der Waals surface area contributed by atoms with Crippen molar-refractivity contribution in [3.8, 4) is 28.4 Å². The topological polar surface area (TPSA) is 69.9 Å². The van der Waals surface area contributed by atoms with Crippen LogP contribution in [0.3, 0.4) is 0 Å². The molecule has 6 nitrogen and oxygen atoms in total. The number of hydrogen-bond acceptors (Lipinski definition) is 5. The van der Waals surface area contributed by atoms with E-state index < -0.39 is 17.5 Å². The maximum absolute atomic E-state index is 14.0. The minimum atomic E-state index is -0.733. The zero-order valence-corrected chi connectivity index (χ0v) is 20.5. The standard InChI is InChI=1S/C28H25F2NO5/c1-15(10-26(32)31-23-12-18(29)7-8-22(23)30)19-13-20-21(14-36-28(20)16(2)27(19)35-5)17-6-9-24(33-3)25(11-17)34-4/h6-14H,1-5H3,(H,31,32)/b15-10+. The number of methoxy groups -OCH3 is 3. The Morgan fingerprint density at radius 3 is 2.42 bits per heavy atom. The van der Waals surface area contributed by atoms with E-state index in [2.05, 4.69) is 5.32 Å². The number of furan rings is 1. The van der Waals surface area contributed by atoms with Gasteiger partial charge in [0.1, 0.15) is 23.0 Å². The van der Waals surface area contributed by atoms with Crippen molar-refractivity contribution in [3.63, 3.8) is 0 Å². The van der Waals surface area contributed by atoms with Gasteiger partial charge >= 0.3 is 0 Å². The van der Waals surface area contributed by atoms with E-state index in [0.717, 1.165) is 40.3 Å². The molecule has 0 saturated carbocycles. The quantitative estimate of drug-likeness (QED) is 0.288. The minimum absolute atomic E-state index is 0.242. The summed E-state index contributed by atoms with van der Waals surface area (Å²) in [6.07, 6.45) is 2.96. The predicted octanol–water partition coefficient (Wildman–Crippen LogP) is 6.75. The normalized spacial score (nSPS) is 11.5. The number of allylic oxidation sites excluding steroid dienone is 1. The smallest absolute Gasteiger partial charge is 0.248 e. The number of rotatable bonds is 7. The molecule has 0 spiro atoms. The van der Waals surface area contributed by atoms with E-state index in [4.69, 9.17) is 18.6 Å². The molecular weight excluding hydrogens is 468 g/mol. The Labute approximate surface area is 207 Å². The molecule has 0 aliphatic rings. The van der Waals surface area contributed by atoms with E-state index in [-0.39, 0.29) is 5.69 Å². The van der Waals surface area contributed by atoms with Gasteiger partial charge in [-0.05, 0) is 55.3 Å².